The number of carbonyl (C=O) groups excluding carboxylic acids is 1. The van der Waals surface area contributed by atoms with E-state index in [9.17, 15) is 41.2 Å². The van der Waals surface area contributed by atoms with Crippen LogP contribution >= 0.6 is 19.9 Å². The molecule has 0 amide bonds. The molecule has 0 bridgehead atoms. The summed E-state index contributed by atoms with van der Waals surface area (Å²) in [6, 6.07) is 0.819. The molecule has 2 saturated heterocycles. The first-order valence-electron chi connectivity index (χ1n) is 22.7. The number of nitrogens with two attached hydrogens (primary N) is 1. The number of quaternary nitrogens is 1. The maximum Gasteiger partial charge on any atom is 0.694 e. The van der Waals surface area contributed by atoms with E-state index >= 15 is 0 Å². The lowest BCUT2D eigenvalue weighted by Gasteiger charge is -2.39. The summed E-state index contributed by atoms with van der Waals surface area (Å²) in [5.41, 5.74) is 7.93. The van der Waals surface area contributed by atoms with E-state index in [2.05, 4.69) is 29.4 Å². The van der Waals surface area contributed by atoms with Crippen LogP contribution in [0.25, 0.3) is 11.0 Å². The van der Waals surface area contributed by atoms with Gasteiger partial charge in [-0.2, -0.15) is 20.2 Å². The molecule has 6 N–H and O–H groups in total. The SMILES string of the molecule is N=N/C(=C\[NH2+]CCOCCOCCOCCOCCC(=O)Oc1c(F)cc(F)cc1F)COCCOCCOCCOCCS(=O)(=O)C1CN(c2nc(Cl)nc3c2cnn3[C@@H]2O[C@H](CO[P+](=O)O)[C@@H](O)[C@H]2O)C1. The Balaban J connectivity index is 0.789. The van der Waals surface area contributed by atoms with Crippen molar-refractivity contribution >= 4 is 52.5 Å². The van der Waals surface area contributed by atoms with E-state index in [4.69, 9.17) is 64.7 Å². The minimum Gasteiger partial charge on any atom is -0.420 e. The largest absolute Gasteiger partial charge is 0.694 e. The molecule has 0 radical (unpaired) electrons. The van der Waals surface area contributed by atoms with Gasteiger partial charge in [0.25, 0.3) is 0 Å². The molecule has 26 nitrogen and oxygen atoms in total. The number of nitrogens with zero attached hydrogens (tertiary/aromatic N) is 6. The summed E-state index contributed by atoms with van der Waals surface area (Å²) >= 11 is 6.21. The number of benzene rings is 1. The van der Waals surface area contributed by atoms with Gasteiger partial charge >= 0.3 is 14.2 Å². The van der Waals surface area contributed by atoms with Crippen LogP contribution in [-0.4, -0.2) is 211 Å². The summed E-state index contributed by atoms with van der Waals surface area (Å²) in [6.07, 6.45) is -2.52. The van der Waals surface area contributed by atoms with Gasteiger partial charge in [-0.25, -0.2) is 31.8 Å². The van der Waals surface area contributed by atoms with Gasteiger partial charge in [-0.3, -0.25) is 4.79 Å². The summed E-state index contributed by atoms with van der Waals surface area (Å²) in [5, 5.41) is 30.0. The van der Waals surface area contributed by atoms with Crippen molar-refractivity contribution in [2.45, 2.75) is 36.2 Å². The quantitative estimate of drug-likeness (QED) is 0.0129. The molecule has 0 spiro atoms. The summed E-state index contributed by atoms with van der Waals surface area (Å²) in [6.45, 7) is 4.07. The van der Waals surface area contributed by atoms with Crippen molar-refractivity contribution in [1.29, 1.82) is 5.53 Å². The first kappa shape index (κ1) is 59.8. The molecule has 2 aromatic heterocycles. The van der Waals surface area contributed by atoms with Gasteiger partial charge in [0.1, 0.15) is 55.0 Å². The van der Waals surface area contributed by atoms with Crippen LogP contribution in [0.1, 0.15) is 12.6 Å². The minimum absolute atomic E-state index is 0.0272. The third-order valence-electron chi connectivity index (χ3n) is 10.5. The highest BCUT2D eigenvalue weighted by Crippen LogP contribution is 2.36. The van der Waals surface area contributed by atoms with Crippen LogP contribution in [-0.2, 0) is 66.4 Å². The average molecular weight is 1110 g/mol. The number of aliphatic hydroxyl groups excluding tert-OH is 2. The Hall–Kier alpha value is -4.05. The second-order valence-corrected chi connectivity index (χ2v) is 19.1. The number of sulfone groups is 1. The summed E-state index contributed by atoms with van der Waals surface area (Å²) in [4.78, 5) is 30.8. The molecule has 3 aromatic rings. The third kappa shape index (κ3) is 19.9. The molecular weight excluding hydrogens is 1050 g/mol. The second kappa shape index (κ2) is 31.7. The Kier molecular flexibility index (Phi) is 26.0. The van der Waals surface area contributed by atoms with Crippen LogP contribution in [0, 0.1) is 23.0 Å². The molecule has 5 rings (SSSR count). The van der Waals surface area contributed by atoms with Gasteiger partial charge in [-0.15, -0.1) is 9.42 Å². The molecule has 5 atom stereocenters. The summed E-state index contributed by atoms with van der Waals surface area (Å²) in [7, 11) is -6.49. The van der Waals surface area contributed by atoms with Crippen LogP contribution in [0.5, 0.6) is 5.75 Å². The number of hydrogen-bond donors (Lipinski definition) is 5. The normalized spacial score (nSPS) is 18.7. The Morgan fingerprint density at radius 3 is 2.01 bits per heavy atom. The molecule has 2 aliphatic rings. The molecule has 2 fully saturated rings. The summed E-state index contributed by atoms with van der Waals surface area (Å²) in [5.74, 6) is -5.56. The molecule has 408 valence electrons. The van der Waals surface area contributed by atoms with Gasteiger partial charge in [0.15, 0.2) is 33.3 Å². The van der Waals surface area contributed by atoms with Crippen LogP contribution in [0.4, 0.5) is 19.0 Å². The molecule has 73 heavy (non-hydrogen) atoms. The molecule has 4 heterocycles. The number of nitrogens with one attached hydrogen (secondary N) is 1. The highest BCUT2D eigenvalue weighted by molar-refractivity contribution is 7.92. The maximum atomic E-state index is 13.6. The monoisotopic (exact) mass is 1110 g/mol. The van der Waals surface area contributed by atoms with Crippen molar-refractivity contribution in [2.24, 2.45) is 5.11 Å². The van der Waals surface area contributed by atoms with E-state index in [-0.39, 0.29) is 102 Å². The lowest BCUT2D eigenvalue weighted by atomic mass is 10.1. The van der Waals surface area contributed by atoms with E-state index in [1.165, 1.54) is 10.9 Å². The third-order valence-corrected chi connectivity index (χ3v) is 13.1. The predicted octanol–water partition coefficient (Wildman–Crippen LogP) is 0.350. The number of fused-ring (bicyclic) bond motifs is 1. The van der Waals surface area contributed by atoms with E-state index < -0.39 is 83.7 Å². The van der Waals surface area contributed by atoms with Crippen LogP contribution in [0.2, 0.25) is 5.28 Å². The predicted molar refractivity (Wildman–Crippen MR) is 245 cm³/mol. The molecule has 1 aromatic carbocycles. The number of halogens is 4. The molecule has 1 unspecified atom stereocenters. The van der Waals surface area contributed by atoms with Crippen molar-refractivity contribution in [2.75, 3.05) is 143 Å². The number of anilines is 1. The fourth-order valence-electron chi connectivity index (χ4n) is 6.73. The molecule has 0 aliphatic carbocycles. The summed E-state index contributed by atoms with van der Waals surface area (Å²) < 4.78 is 137. The van der Waals surface area contributed by atoms with Crippen molar-refractivity contribution in [1.82, 2.24) is 19.7 Å². The van der Waals surface area contributed by atoms with Gasteiger partial charge in [0.05, 0.1) is 135 Å². The lowest BCUT2D eigenvalue weighted by Crippen LogP contribution is -2.79. The zero-order valence-corrected chi connectivity index (χ0v) is 41.8. The van der Waals surface area contributed by atoms with E-state index in [0.717, 1.165) is 0 Å². The van der Waals surface area contributed by atoms with Crippen molar-refractivity contribution in [3.63, 3.8) is 0 Å². The van der Waals surface area contributed by atoms with E-state index in [1.807, 2.05) is 5.32 Å². The Morgan fingerprint density at radius 2 is 1.42 bits per heavy atom. The number of aliphatic hydroxyl groups is 2. The van der Waals surface area contributed by atoms with Crippen LogP contribution in [0.15, 0.2) is 35.3 Å². The number of carbonyl (C=O) groups is 1. The fraction of sp³-hybridized carbons (Fsp3) is 0.659. The van der Waals surface area contributed by atoms with Gasteiger partial charge in [0.2, 0.25) is 11.0 Å². The van der Waals surface area contributed by atoms with Gasteiger partial charge in [-0.05, 0) is 11.6 Å². The highest BCUT2D eigenvalue weighted by Gasteiger charge is 2.46. The standard InChI is InChI=1S/C41H57ClF3N8O18PS/c42-41-49-38(30-22-48-53(39(30)50-41)40-36(56)35(55)33(70-40)26-69-72(57)58)52-23-29(24-52)73(59,60)18-17-67-14-13-65-11-12-66-15-16-68-25-28(51-46)21-47-2-4-62-6-8-64-10-9-63-7-5-61-3-1-34(54)71-37-31(44)19-27(43)20-32(37)45/h19-22,29,33,35-36,40,55-56H,1-18,23-26H2,(H2-,46,47,57,58)/p+2/t33-,35-,36-,40-/m1/s1. The first-order chi connectivity index (χ1) is 35.2. The number of hydrogen-bond acceptors (Lipinski definition) is 23. The van der Waals surface area contributed by atoms with Crippen LogP contribution in [0.3, 0.4) is 0 Å². The Morgan fingerprint density at radius 1 is 0.863 bits per heavy atom. The highest BCUT2D eigenvalue weighted by atomic mass is 35.5. The van der Waals surface area contributed by atoms with Crippen LogP contribution < -0.4 is 15.0 Å². The Bertz CT molecular complexity index is 2340. The topological polar surface area (TPSA) is 330 Å². The van der Waals surface area contributed by atoms with Gasteiger partial charge < -0.3 is 67.8 Å². The van der Waals surface area contributed by atoms with Crippen molar-refractivity contribution in [3.8, 4) is 5.75 Å². The molecule has 2 aliphatic heterocycles. The van der Waals surface area contributed by atoms with Gasteiger partial charge in [-0.1, -0.05) is 0 Å². The molecular formula is C41H59ClF3N8O18PS+2. The number of rotatable bonds is 38. The number of esters is 1. The van der Waals surface area contributed by atoms with Crippen molar-refractivity contribution in [3.05, 3.63) is 53.0 Å². The number of aromatic nitrogens is 4. The van der Waals surface area contributed by atoms with E-state index in [1.54, 1.807) is 11.1 Å². The fourth-order valence-corrected chi connectivity index (χ4v) is 8.66. The zero-order valence-electron chi connectivity index (χ0n) is 39.3. The average Bonchev–Trinajstić information content (AvgIpc) is 3.87. The van der Waals surface area contributed by atoms with Gasteiger partial charge in [0, 0.05) is 29.8 Å². The minimum atomic E-state index is -3.53. The molecule has 32 heteroatoms. The second-order valence-electron chi connectivity index (χ2n) is 15.7. The smallest absolute Gasteiger partial charge is 0.420 e. The first-order valence-corrected chi connectivity index (χ1v) is 26.0. The zero-order chi connectivity index (χ0) is 52.6. The number of ether oxygens (including phenoxy) is 10. The Labute approximate surface area is 422 Å². The maximum absolute atomic E-state index is 13.6. The van der Waals surface area contributed by atoms with Crippen molar-refractivity contribution < 1.29 is 103 Å². The van der Waals surface area contributed by atoms with E-state index in [0.29, 0.717) is 75.2 Å². The lowest BCUT2D eigenvalue weighted by molar-refractivity contribution is -0.591. The molecule has 0 saturated carbocycles.